The molecule has 0 heterocycles. The van der Waals surface area contributed by atoms with E-state index in [0.717, 1.165) is 0 Å². The van der Waals surface area contributed by atoms with Crippen LogP contribution >= 0.6 is 0 Å². The molecule has 0 saturated heterocycles. The zero-order valence-corrected chi connectivity index (χ0v) is 9.10. The molecule has 0 aromatic heterocycles. The summed E-state index contributed by atoms with van der Waals surface area (Å²) in [6.45, 7) is -0.0454. The first kappa shape index (κ1) is 12.7. The highest BCUT2D eigenvalue weighted by Gasteiger charge is 2.11. The molecule has 0 aliphatic heterocycles. The summed E-state index contributed by atoms with van der Waals surface area (Å²) in [6.07, 6.45) is 1.14. The van der Waals surface area contributed by atoms with E-state index >= 15 is 0 Å². The molecule has 0 radical (unpaired) electrons. The van der Waals surface area contributed by atoms with Gasteiger partial charge in [0.2, 0.25) is 0 Å². The monoisotopic (exact) mass is 223 g/mol. The summed E-state index contributed by atoms with van der Waals surface area (Å²) in [4.78, 5) is 11.7. The van der Waals surface area contributed by atoms with Gasteiger partial charge in [0.25, 0.3) is 5.91 Å². The second-order valence-electron chi connectivity index (χ2n) is 3.58. The van der Waals surface area contributed by atoms with Gasteiger partial charge >= 0.3 is 0 Å². The van der Waals surface area contributed by atoms with Crippen molar-refractivity contribution in [3.05, 3.63) is 35.9 Å². The molecule has 0 saturated carbocycles. The highest BCUT2D eigenvalue weighted by molar-refractivity contribution is 5.94. The van der Waals surface area contributed by atoms with E-state index in [0.29, 0.717) is 18.4 Å². The molecule has 1 aromatic carbocycles. The van der Waals surface area contributed by atoms with Gasteiger partial charge in [0, 0.05) is 12.2 Å². The lowest BCUT2D eigenvalue weighted by Gasteiger charge is -2.15. The van der Waals surface area contributed by atoms with Crippen LogP contribution < -0.4 is 5.32 Å². The van der Waals surface area contributed by atoms with Gasteiger partial charge in [-0.05, 0) is 25.0 Å². The van der Waals surface area contributed by atoms with Gasteiger partial charge in [-0.3, -0.25) is 4.79 Å². The summed E-state index contributed by atoms with van der Waals surface area (Å²) < 4.78 is 0. The maximum atomic E-state index is 11.7. The average Bonchev–Trinajstić information content (AvgIpc) is 2.35. The number of carbonyl (C=O) groups excluding carboxylic acids is 1. The topological polar surface area (TPSA) is 69.6 Å². The molecule has 3 N–H and O–H groups in total. The van der Waals surface area contributed by atoms with Crippen molar-refractivity contribution in [3.8, 4) is 0 Å². The predicted molar refractivity (Wildman–Crippen MR) is 61.1 cm³/mol. The van der Waals surface area contributed by atoms with E-state index in [2.05, 4.69) is 5.32 Å². The Hall–Kier alpha value is -1.39. The fourth-order valence-electron chi connectivity index (χ4n) is 1.41. The van der Waals surface area contributed by atoms with Gasteiger partial charge in [0.05, 0.1) is 12.6 Å². The zero-order chi connectivity index (χ0) is 11.8. The van der Waals surface area contributed by atoms with E-state index in [9.17, 15) is 4.79 Å². The molecule has 1 rings (SSSR count). The Kier molecular flexibility index (Phi) is 5.53. The Labute approximate surface area is 94.9 Å². The van der Waals surface area contributed by atoms with E-state index in [4.69, 9.17) is 10.2 Å². The fraction of sp³-hybridized carbons (Fsp3) is 0.417. The van der Waals surface area contributed by atoms with Crippen LogP contribution in [0.2, 0.25) is 0 Å². The summed E-state index contributed by atoms with van der Waals surface area (Å²) in [5.41, 5.74) is 0.574. The molecule has 0 aliphatic carbocycles. The molecule has 4 heteroatoms. The van der Waals surface area contributed by atoms with Crippen LogP contribution in [0.15, 0.2) is 30.3 Å². The molecule has 88 valence electrons. The third-order valence-electron chi connectivity index (χ3n) is 2.30. The first-order valence-electron chi connectivity index (χ1n) is 5.35. The molecule has 1 aromatic rings. The van der Waals surface area contributed by atoms with Gasteiger partial charge in [-0.25, -0.2) is 0 Å². The SMILES string of the molecule is O=C(N[C@@H](CO)CCCO)c1ccccc1. The molecule has 0 aliphatic rings. The first-order valence-corrected chi connectivity index (χ1v) is 5.35. The number of aliphatic hydroxyl groups is 2. The van der Waals surface area contributed by atoms with Gasteiger partial charge in [-0.2, -0.15) is 0 Å². The smallest absolute Gasteiger partial charge is 0.251 e. The number of nitrogens with one attached hydrogen (secondary N) is 1. The quantitative estimate of drug-likeness (QED) is 0.659. The third kappa shape index (κ3) is 4.00. The van der Waals surface area contributed by atoms with Crippen molar-refractivity contribution in [1.29, 1.82) is 0 Å². The van der Waals surface area contributed by atoms with E-state index < -0.39 is 0 Å². The Morgan fingerprint density at radius 2 is 1.94 bits per heavy atom. The van der Waals surface area contributed by atoms with Crippen molar-refractivity contribution >= 4 is 5.91 Å². The van der Waals surface area contributed by atoms with Crippen LogP contribution in [0.4, 0.5) is 0 Å². The number of hydrogen-bond donors (Lipinski definition) is 3. The minimum absolute atomic E-state index is 0.0672. The third-order valence-corrected chi connectivity index (χ3v) is 2.30. The average molecular weight is 223 g/mol. The van der Waals surface area contributed by atoms with Crippen LogP contribution in [0.3, 0.4) is 0 Å². The van der Waals surface area contributed by atoms with Crippen LogP contribution in [0.1, 0.15) is 23.2 Å². The summed E-state index contributed by atoms with van der Waals surface area (Å²) in [5, 5.41) is 20.4. The van der Waals surface area contributed by atoms with Crippen molar-refractivity contribution in [2.24, 2.45) is 0 Å². The van der Waals surface area contributed by atoms with Crippen molar-refractivity contribution in [3.63, 3.8) is 0 Å². The maximum absolute atomic E-state index is 11.7. The molecule has 0 fully saturated rings. The van der Waals surface area contributed by atoms with Crippen molar-refractivity contribution < 1.29 is 15.0 Å². The van der Waals surface area contributed by atoms with E-state index in [1.54, 1.807) is 24.3 Å². The number of hydrogen-bond acceptors (Lipinski definition) is 3. The lowest BCUT2D eigenvalue weighted by molar-refractivity contribution is 0.0909. The van der Waals surface area contributed by atoms with Crippen molar-refractivity contribution in [2.45, 2.75) is 18.9 Å². The standard InChI is InChI=1S/C12H17NO3/c14-8-4-7-11(9-15)13-12(16)10-5-2-1-3-6-10/h1-3,5-6,11,14-15H,4,7-9H2,(H,13,16)/t11-/m1/s1. The minimum Gasteiger partial charge on any atom is -0.396 e. The molecule has 0 bridgehead atoms. The number of benzene rings is 1. The molecular weight excluding hydrogens is 206 g/mol. The Morgan fingerprint density at radius 1 is 1.25 bits per heavy atom. The minimum atomic E-state index is -0.292. The molecule has 4 nitrogen and oxygen atoms in total. The van der Waals surface area contributed by atoms with Crippen LogP contribution in [0.5, 0.6) is 0 Å². The van der Waals surface area contributed by atoms with Crippen molar-refractivity contribution in [1.82, 2.24) is 5.32 Å². The summed E-state index contributed by atoms with van der Waals surface area (Å²) in [7, 11) is 0. The summed E-state index contributed by atoms with van der Waals surface area (Å²) in [5.74, 6) is -0.197. The Bertz CT molecular complexity index is 313. The number of rotatable bonds is 6. The molecule has 0 unspecified atom stereocenters. The second-order valence-corrected chi connectivity index (χ2v) is 3.58. The van der Waals surface area contributed by atoms with Crippen LogP contribution in [0.25, 0.3) is 0 Å². The van der Waals surface area contributed by atoms with Crippen molar-refractivity contribution in [2.75, 3.05) is 13.2 Å². The molecule has 1 amide bonds. The first-order chi connectivity index (χ1) is 7.77. The fourth-order valence-corrected chi connectivity index (χ4v) is 1.41. The molecule has 0 spiro atoms. The van der Waals surface area contributed by atoms with Crippen LogP contribution in [-0.2, 0) is 0 Å². The van der Waals surface area contributed by atoms with Gasteiger partial charge in [0.15, 0.2) is 0 Å². The van der Waals surface area contributed by atoms with Gasteiger partial charge in [-0.15, -0.1) is 0 Å². The lowest BCUT2D eigenvalue weighted by Crippen LogP contribution is -2.37. The highest BCUT2D eigenvalue weighted by Crippen LogP contribution is 2.01. The highest BCUT2D eigenvalue weighted by atomic mass is 16.3. The van der Waals surface area contributed by atoms with E-state index in [1.165, 1.54) is 0 Å². The largest absolute Gasteiger partial charge is 0.396 e. The van der Waals surface area contributed by atoms with Gasteiger partial charge in [-0.1, -0.05) is 18.2 Å². The summed E-state index contributed by atoms with van der Waals surface area (Å²) >= 11 is 0. The van der Waals surface area contributed by atoms with Crippen LogP contribution in [-0.4, -0.2) is 35.4 Å². The van der Waals surface area contributed by atoms with Gasteiger partial charge in [0.1, 0.15) is 0 Å². The van der Waals surface area contributed by atoms with E-state index in [-0.39, 0.29) is 25.2 Å². The number of aliphatic hydroxyl groups excluding tert-OH is 2. The Morgan fingerprint density at radius 3 is 2.50 bits per heavy atom. The molecule has 1 atom stereocenters. The molecule has 16 heavy (non-hydrogen) atoms. The normalized spacial score (nSPS) is 12.1. The number of carbonyl (C=O) groups is 1. The zero-order valence-electron chi connectivity index (χ0n) is 9.10. The summed E-state index contributed by atoms with van der Waals surface area (Å²) in [6, 6.07) is 8.56. The lowest BCUT2D eigenvalue weighted by atomic mass is 10.1. The molecular formula is C12H17NO3. The maximum Gasteiger partial charge on any atom is 0.251 e. The Balaban J connectivity index is 2.49. The van der Waals surface area contributed by atoms with Gasteiger partial charge < -0.3 is 15.5 Å². The van der Waals surface area contributed by atoms with E-state index in [1.807, 2.05) is 6.07 Å². The van der Waals surface area contributed by atoms with Crippen LogP contribution in [0, 0.1) is 0 Å². The number of amides is 1. The second kappa shape index (κ2) is 6.98. The predicted octanol–water partition coefficient (Wildman–Crippen LogP) is 0.550.